The molecule has 1 aliphatic rings. The minimum atomic E-state index is -0.475. The molecule has 3 N–H and O–H groups in total. The van der Waals surface area contributed by atoms with Gasteiger partial charge in [0, 0.05) is 29.7 Å². The van der Waals surface area contributed by atoms with Crippen molar-refractivity contribution in [1.29, 1.82) is 0 Å². The number of hydrogen-bond acceptors (Lipinski definition) is 4. The molecular weight excluding hydrogens is 184 g/mol. The second-order valence-corrected chi connectivity index (χ2v) is 3.51. The summed E-state index contributed by atoms with van der Waals surface area (Å²) in [6.07, 6.45) is 0.786. The van der Waals surface area contributed by atoms with E-state index in [9.17, 15) is 15.2 Å². The third kappa shape index (κ3) is 1.42. The van der Waals surface area contributed by atoms with Gasteiger partial charge in [-0.2, -0.15) is 0 Å². The number of non-ortho nitro benzene ring substituents is 1. The maximum Gasteiger partial charge on any atom is 0.269 e. The number of nitro benzene ring substituents is 1. The van der Waals surface area contributed by atoms with Gasteiger partial charge in [-0.1, -0.05) is 0 Å². The number of hydrogen-bond donors (Lipinski definition) is 2. The molecule has 0 spiro atoms. The van der Waals surface area contributed by atoms with Crippen molar-refractivity contribution < 1.29 is 10.0 Å². The van der Waals surface area contributed by atoms with Crippen LogP contribution in [-0.4, -0.2) is 16.1 Å². The number of nitro groups is 1. The Bertz CT molecular complexity index is 392. The number of rotatable bonds is 2. The molecule has 0 unspecified atom stereocenters. The second kappa shape index (κ2) is 2.95. The van der Waals surface area contributed by atoms with Gasteiger partial charge in [0.15, 0.2) is 0 Å². The molecule has 0 amide bonds. The van der Waals surface area contributed by atoms with Crippen LogP contribution < -0.4 is 5.73 Å². The first kappa shape index (κ1) is 8.96. The minimum Gasteiger partial charge on any atom is -0.508 e. The summed E-state index contributed by atoms with van der Waals surface area (Å²) in [5.74, 6) is 0.170. The molecule has 0 saturated heterocycles. The zero-order valence-corrected chi connectivity index (χ0v) is 7.38. The first-order valence-corrected chi connectivity index (χ1v) is 4.32. The molecule has 0 bridgehead atoms. The summed E-state index contributed by atoms with van der Waals surface area (Å²) in [4.78, 5) is 10.0. The van der Waals surface area contributed by atoms with Crippen LogP contribution >= 0.6 is 0 Å². The Balaban J connectivity index is 2.38. The lowest BCUT2D eigenvalue weighted by Gasteiger charge is -2.01. The van der Waals surface area contributed by atoms with E-state index in [-0.39, 0.29) is 23.4 Å². The molecule has 1 aromatic rings. The highest BCUT2D eigenvalue weighted by Gasteiger charge is 2.37. The van der Waals surface area contributed by atoms with E-state index in [1.54, 1.807) is 0 Å². The largest absolute Gasteiger partial charge is 0.508 e. The number of benzene rings is 1. The Hall–Kier alpha value is -1.62. The van der Waals surface area contributed by atoms with Gasteiger partial charge in [-0.15, -0.1) is 0 Å². The van der Waals surface area contributed by atoms with Gasteiger partial charge in [0.1, 0.15) is 5.75 Å². The summed E-state index contributed by atoms with van der Waals surface area (Å²) in [6, 6.07) is 4.06. The first-order valence-electron chi connectivity index (χ1n) is 4.32. The Morgan fingerprint density at radius 1 is 1.57 bits per heavy atom. The van der Waals surface area contributed by atoms with Crippen molar-refractivity contribution in [1.82, 2.24) is 0 Å². The average Bonchev–Trinajstić information content (AvgIpc) is 2.83. The number of nitrogens with zero attached hydrogens (tertiary/aromatic N) is 1. The molecule has 2 atom stereocenters. The van der Waals surface area contributed by atoms with Crippen molar-refractivity contribution in [2.45, 2.75) is 18.4 Å². The number of nitrogens with two attached hydrogens (primary N) is 1. The summed E-state index contributed by atoms with van der Waals surface area (Å²) < 4.78 is 0. The molecule has 2 rings (SSSR count). The average molecular weight is 194 g/mol. The van der Waals surface area contributed by atoms with E-state index >= 15 is 0 Å². The first-order chi connectivity index (χ1) is 6.59. The normalized spacial score (nSPS) is 24.6. The maximum atomic E-state index is 10.5. The van der Waals surface area contributed by atoms with Crippen molar-refractivity contribution >= 4 is 5.69 Å². The van der Waals surface area contributed by atoms with Gasteiger partial charge in [0.05, 0.1) is 4.92 Å². The minimum absolute atomic E-state index is 0.00287. The van der Waals surface area contributed by atoms with E-state index < -0.39 is 4.92 Å². The number of phenols is 1. The number of aromatic hydroxyl groups is 1. The molecule has 0 heterocycles. The van der Waals surface area contributed by atoms with E-state index in [1.807, 2.05) is 0 Å². The van der Waals surface area contributed by atoms with Gasteiger partial charge >= 0.3 is 0 Å². The Morgan fingerprint density at radius 2 is 2.21 bits per heavy atom. The predicted molar refractivity (Wildman–Crippen MR) is 50.1 cm³/mol. The summed E-state index contributed by atoms with van der Waals surface area (Å²) in [5.41, 5.74) is 6.20. The highest BCUT2D eigenvalue weighted by Crippen LogP contribution is 2.44. The Morgan fingerprint density at radius 3 is 2.71 bits per heavy atom. The van der Waals surface area contributed by atoms with Crippen LogP contribution in [0.25, 0.3) is 0 Å². The zero-order chi connectivity index (χ0) is 10.3. The van der Waals surface area contributed by atoms with Crippen molar-refractivity contribution in [3.63, 3.8) is 0 Å². The van der Waals surface area contributed by atoms with Crippen LogP contribution in [0, 0.1) is 10.1 Å². The van der Waals surface area contributed by atoms with E-state index in [0.29, 0.717) is 5.56 Å². The molecule has 1 aromatic carbocycles. The molecular formula is C9H10N2O3. The lowest BCUT2D eigenvalue weighted by Crippen LogP contribution is -2.01. The highest BCUT2D eigenvalue weighted by atomic mass is 16.6. The standard InChI is InChI=1S/C9H10N2O3/c10-8-4-6(8)7-3-5(11(13)14)1-2-9(7)12/h1-3,6,8,12H,4,10H2/t6-,8+/m0/s1. The van der Waals surface area contributed by atoms with Crippen LogP contribution in [0.2, 0.25) is 0 Å². The van der Waals surface area contributed by atoms with Gasteiger partial charge in [0.2, 0.25) is 0 Å². The zero-order valence-electron chi connectivity index (χ0n) is 7.38. The third-order valence-electron chi connectivity index (χ3n) is 2.46. The topological polar surface area (TPSA) is 89.4 Å². The molecule has 74 valence electrons. The molecule has 1 fully saturated rings. The van der Waals surface area contributed by atoms with Crippen LogP contribution in [0.15, 0.2) is 18.2 Å². The van der Waals surface area contributed by atoms with E-state index in [2.05, 4.69) is 0 Å². The number of phenolic OH excluding ortho intramolecular Hbond substituents is 1. The Labute approximate surface area is 80.3 Å². The fraction of sp³-hybridized carbons (Fsp3) is 0.333. The van der Waals surface area contributed by atoms with Gasteiger partial charge in [-0.25, -0.2) is 0 Å². The fourth-order valence-electron chi connectivity index (χ4n) is 1.52. The molecule has 0 radical (unpaired) electrons. The lowest BCUT2D eigenvalue weighted by atomic mass is 10.1. The summed E-state index contributed by atoms with van der Waals surface area (Å²) in [6.45, 7) is 0. The van der Waals surface area contributed by atoms with E-state index in [1.165, 1.54) is 18.2 Å². The lowest BCUT2D eigenvalue weighted by molar-refractivity contribution is -0.384. The summed E-state index contributed by atoms with van der Waals surface area (Å²) >= 11 is 0. The van der Waals surface area contributed by atoms with Crippen LogP contribution in [0.5, 0.6) is 5.75 Å². The molecule has 14 heavy (non-hydrogen) atoms. The fourth-order valence-corrected chi connectivity index (χ4v) is 1.52. The highest BCUT2D eigenvalue weighted by molar-refractivity contribution is 5.47. The van der Waals surface area contributed by atoms with Crippen molar-refractivity contribution in [2.24, 2.45) is 5.73 Å². The van der Waals surface area contributed by atoms with E-state index in [0.717, 1.165) is 6.42 Å². The van der Waals surface area contributed by atoms with Gasteiger partial charge in [0.25, 0.3) is 5.69 Å². The van der Waals surface area contributed by atoms with Crippen LogP contribution in [0.3, 0.4) is 0 Å². The monoisotopic (exact) mass is 194 g/mol. The molecule has 0 aliphatic heterocycles. The molecule has 1 saturated carbocycles. The van der Waals surface area contributed by atoms with Crippen LogP contribution in [0.4, 0.5) is 5.69 Å². The maximum absolute atomic E-state index is 10.5. The summed E-state index contributed by atoms with van der Waals surface area (Å²) in [5, 5.41) is 19.9. The van der Waals surface area contributed by atoms with Crippen molar-refractivity contribution in [3.05, 3.63) is 33.9 Å². The smallest absolute Gasteiger partial charge is 0.269 e. The van der Waals surface area contributed by atoms with Crippen molar-refractivity contribution in [2.75, 3.05) is 0 Å². The SMILES string of the molecule is N[C@@H]1C[C@H]1c1cc([N+](=O)[O-])ccc1O. The van der Waals surface area contributed by atoms with Gasteiger partial charge in [-0.05, 0) is 12.5 Å². The van der Waals surface area contributed by atoms with Crippen molar-refractivity contribution in [3.8, 4) is 5.75 Å². The Kier molecular flexibility index (Phi) is 1.89. The van der Waals surface area contributed by atoms with E-state index in [4.69, 9.17) is 5.73 Å². The summed E-state index contributed by atoms with van der Waals surface area (Å²) in [7, 11) is 0. The second-order valence-electron chi connectivity index (χ2n) is 3.51. The molecule has 1 aliphatic carbocycles. The van der Waals surface area contributed by atoms with Crippen LogP contribution in [0.1, 0.15) is 17.9 Å². The predicted octanol–water partition coefficient (Wildman–Crippen LogP) is 1.11. The third-order valence-corrected chi connectivity index (χ3v) is 2.46. The van der Waals surface area contributed by atoms with Crippen LogP contribution in [-0.2, 0) is 0 Å². The van der Waals surface area contributed by atoms with Gasteiger partial charge < -0.3 is 10.8 Å². The molecule has 5 nitrogen and oxygen atoms in total. The molecule has 5 heteroatoms. The van der Waals surface area contributed by atoms with Gasteiger partial charge in [-0.3, -0.25) is 10.1 Å². The molecule has 0 aromatic heterocycles. The quantitative estimate of drug-likeness (QED) is 0.545.